The molecule has 0 unspecified atom stereocenters. The maximum Gasteiger partial charge on any atom is 0.341 e. The van der Waals surface area contributed by atoms with Crippen LogP contribution in [0.1, 0.15) is 61.3 Å². The number of aliphatic hydroxyl groups is 3. The van der Waals surface area contributed by atoms with Crippen LogP contribution in [0, 0.1) is 57.7 Å². The summed E-state index contributed by atoms with van der Waals surface area (Å²) in [6.45, 7) is 11.5. The number of carbonyl (C=O) groups excluding carboxylic acids is 4. The highest BCUT2D eigenvalue weighted by molar-refractivity contribution is 5.88. The van der Waals surface area contributed by atoms with Gasteiger partial charge in [0.05, 0.1) is 17.6 Å². The van der Waals surface area contributed by atoms with E-state index in [9.17, 15) is 34.5 Å². The molecule has 3 saturated heterocycles. The van der Waals surface area contributed by atoms with Gasteiger partial charge in [-0.05, 0) is 44.4 Å². The van der Waals surface area contributed by atoms with Gasteiger partial charge in [-0.3, -0.25) is 14.4 Å². The number of carbonyl (C=O) groups is 4. The Balaban J connectivity index is 1.32. The maximum absolute atomic E-state index is 14.2. The fraction of sp³-hybridized carbons (Fsp3) is 0.875. The van der Waals surface area contributed by atoms with Gasteiger partial charge in [-0.2, -0.15) is 0 Å². The summed E-state index contributed by atoms with van der Waals surface area (Å²) >= 11 is 0. The van der Waals surface area contributed by atoms with E-state index in [1.165, 1.54) is 20.8 Å². The summed E-state index contributed by atoms with van der Waals surface area (Å²) in [4.78, 5) is 52.4. The Kier molecular flexibility index (Phi) is 5.48. The summed E-state index contributed by atoms with van der Waals surface area (Å²) in [5.74, 6) is -7.90. The normalized spacial score (nSPS) is 62.4. The fourth-order valence-electron chi connectivity index (χ4n) is 12.5. The van der Waals surface area contributed by atoms with Gasteiger partial charge in [0.1, 0.15) is 30.5 Å². The molecule has 0 radical (unpaired) electrons. The molecular weight excluding hydrogens is 576 g/mol. The van der Waals surface area contributed by atoms with Gasteiger partial charge in [0.15, 0.2) is 11.4 Å². The predicted octanol–water partition coefficient (Wildman–Crippen LogP) is 0.511. The van der Waals surface area contributed by atoms with Gasteiger partial charge in [-0.15, -0.1) is 0 Å². The molecule has 242 valence electrons. The molecule has 12 heteroatoms. The first kappa shape index (κ1) is 29.3. The van der Waals surface area contributed by atoms with Crippen LogP contribution in [0.5, 0.6) is 0 Å². The largest absolute Gasteiger partial charge is 0.462 e. The van der Waals surface area contributed by atoms with Crippen molar-refractivity contribution in [3.05, 3.63) is 0 Å². The first-order chi connectivity index (χ1) is 20.4. The van der Waals surface area contributed by atoms with Crippen molar-refractivity contribution in [1.29, 1.82) is 0 Å². The molecule has 8 fully saturated rings. The van der Waals surface area contributed by atoms with Gasteiger partial charge in [-0.25, -0.2) is 4.79 Å². The molecule has 8 rings (SSSR count). The molecule has 1 spiro atoms. The number of rotatable bonds is 2. The summed E-state index contributed by atoms with van der Waals surface area (Å²) in [6.07, 6.45) is -4.77. The van der Waals surface area contributed by atoms with E-state index in [1.807, 2.05) is 20.8 Å². The van der Waals surface area contributed by atoms with Crippen LogP contribution in [0.2, 0.25) is 0 Å². The van der Waals surface area contributed by atoms with Crippen molar-refractivity contribution in [2.24, 2.45) is 57.7 Å². The van der Waals surface area contributed by atoms with Gasteiger partial charge in [0.2, 0.25) is 5.79 Å². The second-order valence-corrected chi connectivity index (χ2v) is 15.9. The molecule has 0 aromatic carbocycles. The molecule has 0 amide bonds. The number of hydrogen-bond acceptors (Lipinski definition) is 12. The van der Waals surface area contributed by atoms with E-state index in [0.717, 1.165) is 0 Å². The average Bonchev–Trinajstić information content (AvgIpc) is 3.83. The third-order valence-corrected chi connectivity index (χ3v) is 14.5. The summed E-state index contributed by atoms with van der Waals surface area (Å²) in [7, 11) is 0. The monoisotopic (exact) mass is 618 g/mol. The van der Waals surface area contributed by atoms with Crippen LogP contribution < -0.4 is 0 Å². The van der Waals surface area contributed by atoms with E-state index in [1.54, 1.807) is 6.92 Å². The minimum Gasteiger partial charge on any atom is -0.462 e. The number of epoxide rings is 2. The topological polar surface area (TPSA) is 182 Å². The SMILES string of the molecule is CC(=O)O[C@H]1C[C@H]2[C@H]([C@@H]3[C@@H](O)[C@@H]4[C@H]([C@H](C)[C@H]5O[C@]56OC(=O)[C@@](C)(O)[C@]46C)[C@]31C)[C@@H](O)C(=O)[C@H]1C[C@@H]3O[C@@H]3[C@H](OC(C)=O)[C@@]12C. The van der Waals surface area contributed by atoms with E-state index in [2.05, 4.69) is 0 Å². The van der Waals surface area contributed by atoms with Crippen LogP contribution in [0.25, 0.3) is 0 Å². The van der Waals surface area contributed by atoms with Crippen LogP contribution >= 0.6 is 0 Å². The highest BCUT2D eigenvalue weighted by atomic mass is 16.8. The molecule has 44 heavy (non-hydrogen) atoms. The minimum atomic E-state index is -2.01. The van der Waals surface area contributed by atoms with Gasteiger partial charge in [0, 0.05) is 48.3 Å². The molecule has 8 aliphatic rings. The first-order valence-corrected chi connectivity index (χ1v) is 15.9. The van der Waals surface area contributed by atoms with E-state index in [0.29, 0.717) is 6.42 Å². The van der Waals surface area contributed by atoms with Crippen molar-refractivity contribution in [2.75, 3.05) is 0 Å². The molecule has 0 aromatic heterocycles. The summed E-state index contributed by atoms with van der Waals surface area (Å²) in [6, 6.07) is 0. The summed E-state index contributed by atoms with van der Waals surface area (Å²) in [5.41, 5.74) is -5.36. The zero-order valence-electron chi connectivity index (χ0n) is 26.0. The number of esters is 3. The Morgan fingerprint density at radius 1 is 0.932 bits per heavy atom. The molecule has 5 saturated carbocycles. The van der Waals surface area contributed by atoms with Crippen molar-refractivity contribution < 1.29 is 58.2 Å². The zero-order valence-corrected chi connectivity index (χ0v) is 26.0. The molecule has 0 bridgehead atoms. The van der Waals surface area contributed by atoms with Crippen LogP contribution in [0.15, 0.2) is 0 Å². The Bertz CT molecular complexity index is 1390. The summed E-state index contributed by atoms with van der Waals surface area (Å²) < 4.78 is 29.9. The Morgan fingerprint density at radius 2 is 1.59 bits per heavy atom. The van der Waals surface area contributed by atoms with Crippen molar-refractivity contribution in [1.82, 2.24) is 0 Å². The Labute approximate surface area is 255 Å². The van der Waals surface area contributed by atoms with Crippen LogP contribution in [-0.2, 0) is 42.9 Å². The number of ketones is 1. The van der Waals surface area contributed by atoms with Crippen molar-refractivity contribution in [2.45, 2.75) is 115 Å². The second-order valence-electron chi connectivity index (χ2n) is 15.9. The smallest absolute Gasteiger partial charge is 0.341 e. The van der Waals surface area contributed by atoms with Crippen molar-refractivity contribution in [3.8, 4) is 0 Å². The minimum absolute atomic E-state index is 0.256. The number of Topliss-reactive ketones (excluding diaryl/α,β-unsaturated/α-hetero) is 1. The molecule has 3 heterocycles. The fourth-order valence-corrected chi connectivity index (χ4v) is 12.5. The Morgan fingerprint density at radius 3 is 2.23 bits per heavy atom. The molecular formula is C32H42O12. The molecule has 19 atom stereocenters. The number of fused-ring (bicyclic) bond motifs is 9. The van der Waals surface area contributed by atoms with Crippen LogP contribution in [0.3, 0.4) is 0 Å². The number of hydrogen-bond donors (Lipinski definition) is 3. The zero-order chi connectivity index (χ0) is 31.8. The quantitative estimate of drug-likeness (QED) is 0.222. The van der Waals surface area contributed by atoms with Gasteiger partial charge < -0.3 is 39.0 Å². The molecule has 0 aromatic rings. The average molecular weight is 619 g/mol. The maximum atomic E-state index is 14.2. The molecule has 12 nitrogen and oxygen atoms in total. The standard InChI is InChI=1S/C32H42O12/c1-10-18-20(30(6)31(7,39)27(38)44-32(30)25(10)43-32)23(37)19-17-13(9-16(29(18,19)5)40-11(2)33)28(4)14(21(35)22(17)36)8-15-24(42-15)26(28)41-12(3)34/h10,13-20,22-26,36-37,39H,8-9H2,1-7H3/t10-,13-,14+,15-,16-,17+,18-,19+,20-,22+,23+,24-,25+,26-,28+,29+,30-,31+,32-/m0/s1. The second kappa shape index (κ2) is 8.23. The Hall–Kier alpha value is -2.12. The number of ether oxygens (including phenoxy) is 5. The third-order valence-electron chi connectivity index (χ3n) is 14.5. The van der Waals surface area contributed by atoms with E-state index < -0.39 is 112 Å². The van der Waals surface area contributed by atoms with Crippen molar-refractivity contribution in [3.63, 3.8) is 0 Å². The van der Waals surface area contributed by atoms with E-state index in [4.69, 9.17) is 23.7 Å². The van der Waals surface area contributed by atoms with Crippen LogP contribution in [-0.4, -0.2) is 93.1 Å². The highest BCUT2D eigenvalue weighted by Crippen LogP contribution is 2.80. The first-order valence-electron chi connectivity index (χ1n) is 15.9. The van der Waals surface area contributed by atoms with E-state index in [-0.39, 0.29) is 30.3 Å². The van der Waals surface area contributed by atoms with Gasteiger partial charge >= 0.3 is 17.9 Å². The molecule has 5 aliphatic carbocycles. The lowest BCUT2D eigenvalue weighted by molar-refractivity contribution is -0.234. The van der Waals surface area contributed by atoms with Crippen molar-refractivity contribution >= 4 is 23.7 Å². The lowest BCUT2D eigenvalue weighted by Gasteiger charge is -2.63. The van der Waals surface area contributed by atoms with E-state index >= 15 is 0 Å². The lowest BCUT2D eigenvalue weighted by Crippen LogP contribution is -2.70. The third kappa shape index (κ3) is 2.91. The number of aliphatic hydroxyl groups excluding tert-OH is 2. The predicted molar refractivity (Wildman–Crippen MR) is 145 cm³/mol. The van der Waals surface area contributed by atoms with Crippen LogP contribution in [0.4, 0.5) is 0 Å². The van der Waals surface area contributed by atoms with Gasteiger partial charge in [-0.1, -0.05) is 20.8 Å². The highest BCUT2D eigenvalue weighted by Gasteiger charge is 2.92. The van der Waals surface area contributed by atoms with Gasteiger partial charge in [0.25, 0.3) is 0 Å². The lowest BCUT2D eigenvalue weighted by atomic mass is 9.41. The molecule has 3 N–H and O–H groups in total. The molecule has 3 aliphatic heterocycles. The summed E-state index contributed by atoms with van der Waals surface area (Å²) in [5, 5.41) is 36.3.